The van der Waals surface area contributed by atoms with Crippen LogP contribution < -0.4 is 0 Å². The van der Waals surface area contributed by atoms with Crippen LogP contribution in [0.1, 0.15) is 19.4 Å². The summed E-state index contributed by atoms with van der Waals surface area (Å²) in [5, 5.41) is 14.8. The molecule has 0 spiro atoms. The van der Waals surface area contributed by atoms with Crippen molar-refractivity contribution < 1.29 is 9.72 Å². The maximum Gasteiger partial charge on any atom is 0.490 e. The van der Waals surface area contributed by atoms with Crippen molar-refractivity contribution in [1.29, 1.82) is 0 Å². The molecule has 122 valence electrons. The Kier molecular flexibility index (Phi) is 5.28. The molecule has 23 heavy (non-hydrogen) atoms. The normalized spacial score (nSPS) is 10.8. The first kappa shape index (κ1) is 16.9. The highest BCUT2D eigenvalue weighted by molar-refractivity contribution is 6.30. The van der Waals surface area contributed by atoms with Crippen molar-refractivity contribution in [3.05, 3.63) is 51.3 Å². The zero-order chi connectivity index (χ0) is 17.0. The van der Waals surface area contributed by atoms with Crippen LogP contribution in [0.15, 0.2) is 30.6 Å². The third kappa shape index (κ3) is 4.49. The maximum absolute atomic E-state index is 12.5. The molecule has 0 aliphatic heterocycles. The zero-order valence-corrected chi connectivity index (χ0v) is 13.5. The Hall–Kier alpha value is -2.48. The monoisotopic (exact) mass is 337 g/mol. The highest BCUT2D eigenvalue weighted by atomic mass is 35.5. The minimum absolute atomic E-state index is 0.0417. The lowest BCUT2D eigenvalue weighted by Gasteiger charge is -2.26. The van der Waals surface area contributed by atoms with Crippen molar-refractivity contribution >= 4 is 23.5 Å². The molecule has 0 bridgehead atoms. The van der Waals surface area contributed by atoms with Crippen LogP contribution in [0.2, 0.25) is 5.02 Å². The van der Waals surface area contributed by atoms with Crippen molar-refractivity contribution in [2.75, 3.05) is 0 Å². The van der Waals surface area contributed by atoms with Gasteiger partial charge in [-0.15, -0.1) is 0 Å². The third-order valence-corrected chi connectivity index (χ3v) is 3.41. The van der Waals surface area contributed by atoms with E-state index in [0.29, 0.717) is 11.6 Å². The molecule has 1 aromatic heterocycles. The van der Waals surface area contributed by atoms with Crippen LogP contribution in [0.25, 0.3) is 0 Å². The number of carbonyl (C=O) groups is 1. The third-order valence-electron chi connectivity index (χ3n) is 3.17. The van der Waals surface area contributed by atoms with Crippen molar-refractivity contribution in [3.8, 4) is 0 Å². The molecule has 0 saturated heterocycles. The van der Waals surface area contributed by atoms with Gasteiger partial charge in [0.15, 0.2) is 0 Å². The molecule has 0 aliphatic rings. The van der Waals surface area contributed by atoms with Gasteiger partial charge in [0, 0.05) is 22.7 Å². The number of carbonyl (C=O) groups excluding carboxylic acids is 1. The lowest BCUT2D eigenvalue weighted by atomic mass is 10.2. The minimum Gasteiger partial charge on any atom is -0.390 e. The van der Waals surface area contributed by atoms with E-state index in [2.05, 4.69) is 10.1 Å². The Balaban J connectivity index is 2.10. The highest BCUT2D eigenvalue weighted by Gasteiger charge is 2.21. The number of halogens is 1. The van der Waals surface area contributed by atoms with Crippen molar-refractivity contribution in [1.82, 2.24) is 19.7 Å². The molecule has 8 nitrogen and oxygen atoms in total. The van der Waals surface area contributed by atoms with Gasteiger partial charge in [0.25, 0.3) is 0 Å². The number of hydrogen-bond donors (Lipinski definition) is 0. The van der Waals surface area contributed by atoms with E-state index in [-0.39, 0.29) is 18.5 Å². The second kappa shape index (κ2) is 7.19. The molecule has 2 aromatic rings. The van der Waals surface area contributed by atoms with Gasteiger partial charge in [-0.1, -0.05) is 28.7 Å². The summed E-state index contributed by atoms with van der Waals surface area (Å²) in [7, 11) is 0. The van der Waals surface area contributed by atoms with E-state index in [9.17, 15) is 14.9 Å². The Labute approximate surface area is 137 Å². The van der Waals surface area contributed by atoms with Crippen LogP contribution in [0, 0.1) is 10.1 Å². The predicted molar refractivity (Wildman–Crippen MR) is 83.8 cm³/mol. The first-order chi connectivity index (χ1) is 10.9. The average molecular weight is 338 g/mol. The lowest BCUT2D eigenvalue weighted by Crippen LogP contribution is -2.38. The van der Waals surface area contributed by atoms with Gasteiger partial charge < -0.3 is 15.0 Å². The van der Waals surface area contributed by atoms with E-state index in [1.807, 2.05) is 26.0 Å². The van der Waals surface area contributed by atoms with Crippen LogP contribution in [0.5, 0.6) is 0 Å². The number of amides is 1. The summed E-state index contributed by atoms with van der Waals surface area (Å²) in [4.78, 5) is 27.5. The van der Waals surface area contributed by atoms with Crippen LogP contribution in [0.4, 0.5) is 5.95 Å². The van der Waals surface area contributed by atoms with Crippen LogP contribution in [0.3, 0.4) is 0 Å². The van der Waals surface area contributed by atoms with Gasteiger partial charge in [-0.3, -0.25) is 4.79 Å². The molecule has 0 fully saturated rings. The molecule has 0 unspecified atom stereocenters. The summed E-state index contributed by atoms with van der Waals surface area (Å²) < 4.78 is 1.16. The Morgan fingerprint density at radius 1 is 1.48 bits per heavy atom. The number of aromatic nitrogens is 3. The van der Waals surface area contributed by atoms with Gasteiger partial charge in [0.2, 0.25) is 12.2 Å². The van der Waals surface area contributed by atoms with Crippen molar-refractivity contribution in [3.63, 3.8) is 0 Å². The maximum atomic E-state index is 12.5. The fourth-order valence-corrected chi connectivity index (χ4v) is 2.28. The minimum atomic E-state index is -0.701. The van der Waals surface area contributed by atoms with Crippen LogP contribution >= 0.6 is 11.6 Å². The van der Waals surface area contributed by atoms with Crippen LogP contribution in [-0.4, -0.2) is 36.5 Å². The summed E-state index contributed by atoms with van der Waals surface area (Å²) in [6.45, 7) is 4.08. The molecular weight excluding hydrogens is 322 g/mol. The molecule has 2 rings (SSSR count). The van der Waals surface area contributed by atoms with E-state index >= 15 is 0 Å². The molecule has 0 N–H and O–H groups in total. The number of nitrogens with zero attached hydrogens (tertiary/aromatic N) is 5. The number of rotatable bonds is 6. The number of hydrogen-bond acceptors (Lipinski definition) is 5. The fourth-order valence-electron chi connectivity index (χ4n) is 2.06. The fraction of sp³-hybridized carbons (Fsp3) is 0.357. The summed E-state index contributed by atoms with van der Waals surface area (Å²) >= 11 is 5.96. The Bertz CT molecular complexity index is 716. The van der Waals surface area contributed by atoms with E-state index in [1.165, 1.54) is 6.33 Å². The molecule has 1 amide bonds. The number of nitro groups is 1. The lowest BCUT2D eigenvalue weighted by molar-refractivity contribution is -0.394. The van der Waals surface area contributed by atoms with Gasteiger partial charge in [-0.25, -0.2) is 0 Å². The summed E-state index contributed by atoms with van der Waals surface area (Å²) in [5.41, 5.74) is 0.907. The van der Waals surface area contributed by atoms with Gasteiger partial charge in [-0.05, 0) is 36.5 Å². The van der Waals surface area contributed by atoms with Crippen molar-refractivity contribution in [2.45, 2.75) is 33.0 Å². The summed E-state index contributed by atoms with van der Waals surface area (Å²) in [6, 6.07) is 7.22. The quantitative estimate of drug-likeness (QED) is 0.595. The first-order valence-electron chi connectivity index (χ1n) is 6.94. The second-order valence-electron chi connectivity index (χ2n) is 5.24. The topological polar surface area (TPSA) is 94.2 Å². The largest absolute Gasteiger partial charge is 0.490 e. The van der Waals surface area contributed by atoms with Gasteiger partial charge in [0.1, 0.15) is 6.54 Å². The molecular formula is C14H16ClN5O3. The van der Waals surface area contributed by atoms with Gasteiger partial charge in [-0.2, -0.15) is 4.68 Å². The zero-order valence-electron chi connectivity index (χ0n) is 12.7. The molecule has 0 radical (unpaired) electrons. The molecule has 0 saturated carbocycles. The van der Waals surface area contributed by atoms with E-state index in [1.54, 1.807) is 17.0 Å². The van der Waals surface area contributed by atoms with Gasteiger partial charge >= 0.3 is 5.95 Å². The average Bonchev–Trinajstić information content (AvgIpc) is 2.93. The Morgan fingerprint density at radius 3 is 2.78 bits per heavy atom. The number of benzene rings is 1. The second-order valence-corrected chi connectivity index (χ2v) is 5.68. The first-order valence-corrected chi connectivity index (χ1v) is 7.32. The van der Waals surface area contributed by atoms with Crippen molar-refractivity contribution in [2.24, 2.45) is 0 Å². The summed E-state index contributed by atoms with van der Waals surface area (Å²) in [6.07, 6.45) is 1.17. The smallest absolute Gasteiger partial charge is 0.390 e. The van der Waals surface area contributed by atoms with E-state index < -0.39 is 10.9 Å². The Morgan fingerprint density at radius 2 is 2.22 bits per heavy atom. The van der Waals surface area contributed by atoms with Crippen LogP contribution in [-0.2, 0) is 17.9 Å². The van der Waals surface area contributed by atoms with Gasteiger partial charge in [0.05, 0.1) is 0 Å². The molecule has 0 aliphatic carbocycles. The predicted octanol–water partition coefficient (Wildman–Crippen LogP) is 2.28. The molecule has 1 heterocycles. The molecule has 0 atom stereocenters. The standard InChI is InChI=1S/C14H16ClN5O3/c1-10(2)19(7-11-4-3-5-12(15)6-11)13(21)8-18-9-16-14(17-18)20(22)23/h3-6,9-10H,7-8H2,1-2H3. The molecule has 1 aromatic carbocycles. The van der Waals surface area contributed by atoms with E-state index in [4.69, 9.17) is 11.6 Å². The summed E-state index contributed by atoms with van der Waals surface area (Å²) in [5.74, 6) is -0.733. The van der Waals surface area contributed by atoms with E-state index in [0.717, 1.165) is 10.2 Å². The highest BCUT2D eigenvalue weighted by Crippen LogP contribution is 2.15. The molecule has 9 heteroatoms. The SMILES string of the molecule is CC(C)N(Cc1cccc(Cl)c1)C(=O)Cn1cnc([N+](=O)[O-])n1.